The number of rotatable bonds is 4. The van der Waals surface area contributed by atoms with Crippen LogP contribution in [-0.2, 0) is 4.74 Å². The third kappa shape index (κ3) is 4.54. The lowest BCUT2D eigenvalue weighted by Crippen LogP contribution is -2.60. The summed E-state index contributed by atoms with van der Waals surface area (Å²) >= 11 is 0. The van der Waals surface area contributed by atoms with Gasteiger partial charge in [-0.15, -0.1) is 0 Å². The summed E-state index contributed by atoms with van der Waals surface area (Å²) in [6.45, 7) is 12.9. The second kappa shape index (κ2) is 5.25. The van der Waals surface area contributed by atoms with Gasteiger partial charge < -0.3 is 15.2 Å². The molecule has 0 aliphatic carbocycles. The summed E-state index contributed by atoms with van der Waals surface area (Å²) in [5.74, 6) is 0. The Morgan fingerprint density at radius 1 is 1.12 bits per heavy atom. The number of hydrogen-bond donors (Lipinski definition) is 2. The number of alkyl carbamates (subject to hydrolysis) is 1. The van der Waals surface area contributed by atoms with Crippen LogP contribution in [0.25, 0.3) is 0 Å². The van der Waals surface area contributed by atoms with Crippen molar-refractivity contribution < 1.29 is 14.6 Å². The van der Waals surface area contributed by atoms with Crippen LogP contribution >= 0.6 is 0 Å². The van der Waals surface area contributed by atoms with Crippen LogP contribution in [0.3, 0.4) is 0 Å². The Morgan fingerprint density at radius 3 is 1.82 bits per heavy atom. The van der Waals surface area contributed by atoms with E-state index in [1.54, 1.807) is 0 Å². The van der Waals surface area contributed by atoms with Crippen molar-refractivity contribution in [1.29, 1.82) is 0 Å². The highest BCUT2D eigenvalue weighted by atomic mass is 16.6. The van der Waals surface area contributed by atoms with E-state index < -0.39 is 22.8 Å². The smallest absolute Gasteiger partial charge is 0.408 e. The Labute approximate surface area is 105 Å². The first-order chi connectivity index (χ1) is 7.47. The van der Waals surface area contributed by atoms with E-state index in [2.05, 4.69) is 5.32 Å². The first kappa shape index (κ1) is 16.2. The number of hydrogen-bond acceptors (Lipinski definition) is 3. The average Bonchev–Trinajstić information content (AvgIpc) is 2.12. The number of nitrogens with one attached hydrogen (secondary N) is 1. The van der Waals surface area contributed by atoms with Gasteiger partial charge in [0.25, 0.3) is 0 Å². The molecule has 0 aromatic rings. The Bertz CT molecular complexity index is 262. The first-order valence-electron chi connectivity index (χ1n) is 6.21. The zero-order chi connectivity index (χ0) is 13.9. The number of carbonyl (C=O) groups is 1. The summed E-state index contributed by atoms with van der Waals surface area (Å²) in [5.41, 5.74) is -2.18. The van der Waals surface area contributed by atoms with E-state index >= 15 is 0 Å². The predicted octanol–water partition coefficient (Wildman–Crippen LogP) is 2.84. The molecule has 0 aliphatic rings. The second-order valence-electron chi connectivity index (χ2n) is 5.99. The molecule has 0 aromatic carbocycles. The molecule has 1 amide bonds. The molecule has 4 nitrogen and oxygen atoms in total. The summed E-state index contributed by atoms with van der Waals surface area (Å²) in [6, 6.07) is 0. The van der Waals surface area contributed by atoms with Crippen molar-refractivity contribution in [2.24, 2.45) is 0 Å². The fraction of sp³-hybridized carbons (Fsp3) is 0.923. The highest BCUT2D eigenvalue weighted by Gasteiger charge is 2.42. The molecule has 4 heteroatoms. The van der Waals surface area contributed by atoms with Gasteiger partial charge in [0.2, 0.25) is 0 Å². The minimum Gasteiger partial charge on any atom is -0.444 e. The molecule has 102 valence electrons. The molecule has 0 saturated carbocycles. The Hall–Kier alpha value is -0.770. The van der Waals surface area contributed by atoms with Crippen LogP contribution in [0.2, 0.25) is 0 Å². The van der Waals surface area contributed by atoms with Gasteiger partial charge in [-0.3, -0.25) is 0 Å². The highest BCUT2D eigenvalue weighted by molar-refractivity contribution is 5.69. The topological polar surface area (TPSA) is 58.6 Å². The largest absolute Gasteiger partial charge is 0.444 e. The maximum absolute atomic E-state index is 11.7. The quantitative estimate of drug-likeness (QED) is 0.800. The monoisotopic (exact) mass is 245 g/mol. The fourth-order valence-corrected chi connectivity index (χ4v) is 1.81. The molecule has 0 spiro atoms. The number of ether oxygens (including phenoxy) is 1. The van der Waals surface area contributed by atoms with Crippen molar-refractivity contribution in [3.05, 3.63) is 0 Å². The SMILES string of the molecule is CCC(O)(CC)C(C)(C)NC(=O)OC(C)(C)C. The summed E-state index contributed by atoms with van der Waals surface area (Å²) in [5, 5.41) is 13.2. The summed E-state index contributed by atoms with van der Waals surface area (Å²) in [6.07, 6.45) is 0.654. The highest BCUT2D eigenvalue weighted by Crippen LogP contribution is 2.29. The van der Waals surface area contributed by atoms with Crippen molar-refractivity contribution in [3.63, 3.8) is 0 Å². The van der Waals surface area contributed by atoms with Crippen molar-refractivity contribution in [3.8, 4) is 0 Å². The molecule has 0 heterocycles. The molecule has 0 bridgehead atoms. The van der Waals surface area contributed by atoms with Gasteiger partial charge in [-0.05, 0) is 47.5 Å². The third-order valence-corrected chi connectivity index (χ3v) is 3.15. The van der Waals surface area contributed by atoms with Crippen molar-refractivity contribution in [2.75, 3.05) is 0 Å². The molecule has 17 heavy (non-hydrogen) atoms. The van der Waals surface area contributed by atoms with Crippen molar-refractivity contribution in [2.45, 2.75) is 78.0 Å². The average molecular weight is 245 g/mol. The van der Waals surface area contributed by atoms with Crippen molar-refractivity contribution >= 4 is 6.09 Å². The Balaban J connectivity index is 4.70. The number of carbonyl (C=O) groups excluding carboxylic acids is 1. The van der Waals surface area contributed by atoms with Crippen LogP contribution in [0.4, 0.5) is 4.79 Å². The molecule has 0 atom stereocenters. The molecule has 0 unspecified atom stereocenters. The van der Waals surface area contributed by atoms with E-state index in [0.29, 0.717) is 12.8 Å². The van der Waals surface area contributed by atoms with Gasteiger partial charge in [-0.2, -0.15) is 0 Å². The van der Waals surface area contributed by atoms with E-state index in [9.17, 15) is 9.90 Å². The second-order valence-corrected chi connectivity index (χ2v) is 5.99. The zero-order valence-electron chi connectivity index (χ0n) is 12.2. The van der Waals surface area contributed by atoms with Crippen LogP contribution < -0.4 is 5.32 Å². The van der Waals surface area contributed by atoms with E-state index in [-0.39, 0.29) is 0 Å². The van der Waals surface area contributed by atoms with Gasteiger partial charge in [0.05, 0.1) is 11.1 Å². The van der Waals surface area contributed by atoms with E-state index in [4.69, 9.17) is 4.74 Å². The van der Waals surface area contributed by atoms with Crippen molar-refractivity contribution in [1.82, 2.24) is 5.32 Å². The van der Waals surface area contributed by atoms with E-state index in [1.165, 1.54) is 0 Å². The molecule has 0 aliphatic heterocycles. The Kier molecular flexibility index (Phi) is 5.02. The molecule has 0 saturated heterocycles. The molecule has 0 rings (SSSR count). The lowest BCUT2D eigenvalue weighted by Gasteiger charge is -2.42. The minimum atomic E-state index is -0.927. The number of amides is 1. The molecule has 0 radical (unpaired) electrons. The van der Waals surface area contributed by atoms with Gasteiger partial charge in [0.1, 0.15) is 5.60 Å². The van der Waals surface area contributed by atoms with Crippen LogP contribution in [-0.4, -0.2) is 27.9 Å². The van der Waals surface area contributed by atoms with Crippen LogP contribution in [0.5, 0.6) is 0 Å². The lowest BCUT2D eigenvalue weighted by atomic mass is 9.78. The molecule has 2 N–H and O–H groups in total. The third-order valence-electron chi connectivity index (χ3n) is 3.15. The summed E-state index contributed by atoms with van der Waals surface area (Å²) < 4.78 is 5.20. The molecular weight excluding hydrogens is 218 g/mol. The van der Waals surface area contributed by atoms with Crippen LogP contribution in [0.15, 0.2) is 0 Å². The molecular formula is C13H27NO3. The predicted molar refractivity (Wildman–Crippen MR) is 69.0 cm³/mol. The van der Waals surface area contributed by atoms with Crippen LogP contribution in [0.1, 0.15) is 61.3 Å². The van der Waals surface area contributed by atoms with Gasteiger partial charge in [0, 0.05) is 0 Å². The molecule has 0 fully saturated rings. The summed E-state index contributed by atoms with van der Waals surface area (Å²) in [4.78, 5) is 11.7. The normalized spacial score (nSPS) is 13.4. The molecule has 0 aromatic heterocycles. The first-order valence-corrected chi connectivity index (χ1v) is 6.21. The maximum atomic E-state index is 11.7. The summed E-state index contributed by atoms with van der Waals surface area (Å²) in [7, 11) is 0. The zero-order valence-corrected chi connectivity index (χ0v) is 12.2. The standard InChI is InChI=1S/C13H27NO3/c1-8-13(16,9-2)12(6,7)14-10(15)17-11(3,4)5/h16H,8-9H2,1-7H3,(H,14,15). The van der Waals surface area contributed by atoms with Crippen LogP contribution in [0, 0.1) is 0 Å². The van der Waals surface area contributed by atoms with E-state index in [0.717, 1.165) is 0 Å². The number of aliphatic hydroxyl groups is 1. The van der Waals surface area contributed by atoms with E-state index in [1.807, 2.05) is 48.5 Å². The maximum Gasteiger partial charge on any atom is 0.408 e. The minimum absolute atomic E-state index is 0.497. The lowest BCUT2D eigenvalue weighted by molar-refractivity contribution is -0.0480. The Morgan fingerprint density at radius 2 is 1.53 bits per heavy atom. The van der Waals surface area contributed by atoms with Gasteiger partial charge in [-0.1, -0.05) is 13.8 Å². The van der Waals surface area contributed by atoms with Gasteiger partial charge in [0.15, 0.2) is 0 Å². The van der Waals surface area contributed by atoms with Gasteiger partial charge >= 0.3 is 6.09 Å². The fourth-order valence-electron chi connectivity index (χ4n) is 1.81. The van der Waals surface area contributed by atoms with Gasteiger partial charge in [-0.25, -0.2) is 4.79 Å².